The van der Waals surface area contributed by atoms with Crippen molar-refractivity contribution in [2.24, 2.45) is 0 Å². The minimum atomic E-state index is -0.321. The van der Waals surface area contributed by atoms with E-state index in [-0.39, 0.29) is 17.4 Å². The van der Waals surface area contributed by atoms with E-state index in [1.165, 1.54) is 12.1 Å². The van der Waals surface area contributed by atoms with E-state index < -0.39 is 0 Å². The van der Waals surface area contributed by atoms with Crippen molar-refractivity contribution in [3.8, 4) is 0 Å². The van der Waals surface area contributed by atoms with Crippen LogP contribution in [-0.2, 0) is 6.54 Å². The Labute approximate surface area is 144 Å². The fourth-order valence-electron chi connectivity index (χ4n) is 2.19. The van der Waals surface area contributed by atoms with Crippen LogP contribution in [0.3, 0.4) is 0 Å². The highest BCUT2D eigenvalue weighted by molar-refractivity contribution is 5.93. The second-order valence-electron chi connectivity index (χ2n) is 5.32. The zero-order valence-corrected chi connectivity index (χ0v) is 13.5. The van der Waals surface area contributed by atoms with Crippen LogP contribution < -0.4 is 10.6 Å². The first-order valence-electron chi connectivity index (χ1n) is 7.66. The molecule has 3 aromatic rings. The summed E-state index contributed by atoms with van der Waals surface area (Å²) in [6.07, 6.45) is 1.67. The standard InChI is InChI=1S/C18H16FN5O/c1-12-22-16(18(25)21-11-15-4-2-3-9-20-15)10-17(23-12)24-14-7-5-13(19)6-8-14/h2-10H,11H2,1H3,(H,21,25)(H,22,23,24). The van der Waals surface area contributed by atoms with Crippen LogP contribution in [0.1, 0.15) is 22.0 Å². The monoisotopic (exact) mass is 337 g/mol. The van der Waals surface area contributed by atoms with E-state index >= 15 is 0 Å². The van der Waals surface area contributed by atoms with Crippen LogP contribution in [0, 0.1) is 12.7 Å². The summed E-state index contributed by atoms with van der Waals surface area (Å²) in [7, 11) is 0. The summed E-state index contributed by atoms with van der Waals surface area (Å²) in [6, 6.07) is 12.9. The molecule has 0 radical (unpaired) electrons. The largest absolute Gasteiger partial charge is 0.345 e. The molecule has 0 saturated heterocycles. The van der Waals surface area contributed by atoms with Gasteiger partial charge in [-0.05, 0) is 43.3 Å². The Hall–Kier alpha value is -3.35. The van der Waals surface area contributed by atoms with Crippen LogP contribution in [0.5, 0.6) is 0 Å². The van der Waals surface area contributed by atoms with Crippen LogP contribution in [0.25, 0.3) is 0 Å². The lowest BCUT2D eigenvalue weighted by Gasteiger charge is -2.09. The van der Waals surface area contributed by atoms with Gasteiger partial charge in [0.2, 0.25) is 0 Å². The number of benzene rings is 1. The molecule has 25 heavy (non-hydrogen) atoms. The van der Waals surface area contributed by atoms with Gasteiger partial charge in [0.25, 0.3) is 5.91 Å². The molecule has 3 rings (SSSR count). The molecule has 7 heteroatoms. The van der Waals surface area contributed by atoms with Gasteiger partial charge in [-0.25, -0.2) is 14.4 Å². The molecule has 0 spiro atoms. The average Bonchev–Trinajstić information content (AvgIpc) is 2.62. The molecule has 126 valence electrons. The second kappa shape index (κ2) is 7.48. The summed E-state index contributed by atoms with van der Waals surface area (Å²) in [5.41, 5.74) is 1.67. The number of rotatable bonds is 5. The second-order valence-corrected chi connectivity index (χ2v) is 5.32. The number of carbonyl (C=O) groups excluding carboxylic acids is 1. The van der Waals surface area contributed by atoms with Crippen LogP contribution in [0.15, 0.2) is 54.7 Å². The molecule has 0 aliphatic rings. The molecule has 0 atom stereocenters. The summed E-state index contributed by atoms with van der Waals surface area (Å²) >= 11 is 0. The van der Waals surface area contributed by atoms with E-state index in [2.05, 4.69) is 25.6 Å². The predicted molar refractivity (Wildman–Crippen MR) is 91.9 cm³/mol. The van der Waals surface area contributed by atoms with E-state index in [1.807, 2.05) is 18.2 Å². The van der Waals surface area contributed by atoms with Crippen molar-refractivity contribution in [1.82, 2.24) is 20.3 Å². The highest BCUT2D eigenvalue weighted by Crippen LogP contribution is 2.16. The molecule has 0 unspecified atom stereocenters. The Morgan fingerprint density at radius 3 is 2.64 bits per heavy atom. The molecule has 1 amide bonds. The maximum absolute atomic E-state index is 13.0. The SMILES string of the molecule is Cc1nc(Nc2ccc(F)cc2)cc(C(=O)NCc2ccccn2)n1. The smallest absolute Gasteiger partial charge is 0.270 e. The molecule has 0 aliphatic carbocycles. The molecular formula is C18H16FN5O. The Morgan fingerprint density at radius 2 is 1.92 bits per heavy atom. The number of anilines is 2. The number of nitrogens with zero attached hydrogens (tertiary/aromatic N) is 3. The molecule has 0 saturated carbocycles. The number of hydrogen-bond donors (Lipinski definition) is 2. The lowest BCUT2D eigenvalue weighted by atomic mass is 10.3. The lowest BCUT2D eigenvalue weighted by Crippen LogP contribution is -2.24. The average molecular weight is 337 g/mol. The van der Waals surface area contributed by atoms with E-state index in [4.69, 9.17) is 0 Å². The topological polar surface area (TPSA) is 79.8 Å². The fourth-order valence-corrected chi connectivity index (χ4v) is 2.19. The van der Waals surface area contributed by atoms with Crippen LogP contribution in [0.2, 0.25) is 0 Å². The molecule has 2 aromatic heterocycles. The van der Waals surface area contributed by atoms with Gasteiger partial charge in [-0.1, -0.05) is 6.07 Å². The minimum Gasteiger partial charge on any atom is -0.345 e. The van der Waals surface area contributed by atoms with Gasteiger partial charge in [0.15, 0.2) is 0 Å². The number of nitrogens with one attached hydrogen (secondary N) is 2. The molecule has 1 aromatic carbocycles. The van der Waals surface area contributed by atoms with Gasteiger partial charge in [0, 0.05) is 18.0 Å². The highest BCUT2D eigenvalue weighted by atomic mass is 19.1. The minimum absolute atomic E-state index is 0.244. The Balaban J connectivity index is 1.72. The Kier molecular flexibility index (Phi) is 4.94. The third-order valence-electron chi connectivity index (χ3n) is 3.34. The molecule has 6 nitrogen and oxygen atoms in total. The number of aryl methyl sites for hydroxylation is 1. The van der Waals surface area contributed by atoms with Gasteiger partial charge in [0.1, 0.15) is 23.2 Å². The maximum atomic E-state index is 13.0. The van der Waals surface area contributed by atoms with Crippen molar-refractivity contribution in [2.45, 2.75) is 13.5 Å². The Bertz CT molecular complexity index is 868. The summed E-state index contributed by atoms with van der Waals surface area (Å²) < 4.78 is 13.0. The summed E-state index contributed by atoms with van der Waals surface area (Å²) in [6.45, 7) is 2.01. The molecule has 2 heterocycles. The first-order valence-corrected chi connectivity index (χ1v) is 7.66. The quantitative estimate of drug-likeness (QED) is 0.748. The number of carbonyl (C=O) groups is 1. The normalized spacial score (nSPS) is 10.3. The van der Waals surface area contributed by atoms with Crippen molar-refractivity contribution in [3.63, 3.8) is 0 Å². The molecule has 0 aliphatic heterocycles. The van der Waals surface area contributed by atoms with Crippen molar-refractivity contribution < 1.29 is 9.18 Å². The number of amides is 1. The molecule has 2 N–H and O–H groups in total. The van der Waals surface area contributed by atoms with Crippen LogP contribution in [0.4, 0.5) is 15.9 Å². The van der Waals surface area contributed by atoms with Gasteiger partial charge in [0.05, 0.1) is 12.2 Å². The zero-order chi connectivity index (χ0) is 17.6. The zero-order valence-electron chi connectivity index (χ0n) is 13.5. The number of hydrogen-bond acceptors (Lipinski definition) is 5. The van der Waals surface area contributed by atoms with Crippen LogP contribution >= 0.6 is 0 Å². The van der Waals surface area contributed by atoms with Gasteiger partial charge >= 0.3 is 0 Å². The van der Waals surface area contributed by atoms with Gasteiger partial charge in [-0.15, -0.1) is 0 Å². The van der Waals surface area contributed by atoms with Crippen molar-refractivity contribution in [3.05, 3.63) is 77.8 Å². The van der Waals surface area contributed by atoms with E-state index in [0.29, 0.717) is 23.9 Å². The van der Waals surface area contributed by atoms with Gasteiger partial charge in [-0.3, -0.25) is 9.78 Å². The highest BCUT2D eigenvalue weighted by Gasteiger charge is 2.11. The molecule has 0 fully saturated rings. The third-order valence-corrected chi connectivity index (χ3v) is 3.34. The molecular weight excluding hydrogens is 321 g/mol. The first kappa shape index (κ1) is 16.5. The fraction of sp³-hybridized carbons (Fsp3) is 0.111. The first-order chi connectivity index (χ1) is 12.1. The van der Waals surface area contributed by atoms with Crippen molar-refractivity contribution >= 4 is 17.4 Å². The van der Waals surface area contributed by atoms with Gasteiger partial charge in [-0.2, -0.15) is 0 Å². The van der Waals surface area contributed by atoms with Crippen molar-refractivity contribution in [1.29, 1.82) is 0 Å². The van der Waals surface area contributed by atoms with Crippen molar-refractivity contribution in [2.75, 3.05) is 5.32 Å². The number of halogens is 1. The van der Waals surface area contributed by atoms with E-state index in [1.54, 1.807) is 31.3 Å². The summed E-state index contributed by atoms with van der Waals surface area (Å²) in [5.74, 6) is 0.273. The maximum Gasteiger partial charge on any atom is 0.270 e. The van der Waals surface area contributed by atoms with E-state index in [9.17, 15) is 9.18 Å². The number of pyridine rings is 1. The van der Waals surface area contributed by atoms with E-state index in [0.717, 1.165) is 5.69 Å². The summed E-state index contributed by atoms with van der Waals surface area (Å²) in [4.78, 5) is 24.9. The summed E-state index contributed by atoms with van der Waals surface area (Å²) in [5, 5.41) is 5.80. The lowest BCUT2D eigenvalue weighted by molar-refractivity contribution is 0.0945. The number of aromatic nitrogens is 3. The Morgan fingerprint density at radius 1 is 1.12 bits per heavy atom. The predicted octanol–water partition coefficient (Wildman–Crippen LogP) is 2.99. The molecule has 0 bridgehead atoms. The van der Waals surface area contributed by atoms with Gasteiger partial charge < -0.3 is 10.6 Å². The van der Waals surface area contributed by atoms with Crippen LogP contribution in [-0.4, -0.2) is 20.9 Å². The third kappa shape index (κ3) is 4.57.